The van der Waals surface area contributed by atoms with Crippen molar-refractivity contribution < 1.29 is 19.6 Å². The van der Waals surface area contributed by atoms with Crippen molar-refractivity contribution in [3.8, 4) is 11.8 Å². The summed E-state index contributed by atoms with van der Waals surface area (Å²) in [6.07, 6.45) is 0. The van der Waals surface area contributed by atoms with Gasteiger partial charge in [-0.1, -0.05) is 41.1 Å². The zero-order valence-corrected chi connectivity index (χ0v) is 21.6. The molecule has 3 aromatic carbocycles. The summed E-state index contributed by atoms with van der Waals surface area (Å²) in [7, 11) is 0. The van der Waals surface area contributed by atoms with Gasteiger partial charge in [-0.05, 0) is 66.2 Å². The van der Waals surface area contributed by atoms with Crippen LogP contribution in [-0.2, 0) is 16.1 Å². The van der Waals surface area contributed by atoms with Crippen LogP contribution in [0.1, 0.15) is 27.0 Å². The lowest BCUT2D eigenvalue weighted by molar-refractivity contribution is -0.130. The zero-order chi connectivity index (χ0) is 27.5. The second-order valence-corrected chi connectivity index (χ2v) is 8.87. The molecule has 38 heavy (non-hydrogen) atoms. The molecule has 196 valence electrons. The van der Waals surface area contributed by atoms with Crippen LogP contribution in [0.5, 0.6) is 0 Å². The molecule has 3 amide bonds. The Morgan fingerprint density at radius 2 is 1.55 bits per heavy atom. The van der Waals surface area contributed by atoms with Crippen LogP contribution in [0.3, 0.4) is 0 Å². The van der Waals surface area contributed by atoms with E-state index in [2.05, 4.69) is 27.8 Å². The van der Waals surface area contributed by atoms with Crippen molar-refractivity contribution >= 4 is 46.6 Å². The lowest BCUT2D eigenvalue weighted by Crippen LogP contribution is -2.50. The van der Waals surface area contributed by atoms with E-state index in [0.29, 0.717) is 33.4 Å². The minimum atomic E-state index is -1.05. The quantitative estimate of drug-likeness (QED) is 0.136. The fraction of sp³-hybridized carbons (Fsp3) is 0.148. The molecule has 0 heterocycles. The monoisotopic (exact) mass is 553 g/mol. The van der Waals surface area contributed by atoms with Gasteiger partial charge in [-0.25, -0.2) is 5.48 Å². The Kier molecular flexibility index (Phi) is 10.7. The molecule has 1 atom stereocenters. The summed E-state index contributed by atoms with van der Waals surface area (Å²) in [5.41, 5.74) is 10.1. The van der Waals surface area contributed by atoms with Gasteiger partial charge >= 0.3 is 0 Å². The van der Waals surface area contributed by atoms with Crippen molar-refractivity contribution in [1.29, 1.82) is 0 Å². The van der Waals surface area contributed by atoms with Crippen molar-refractivity contribution in [3.05, 3.63) is 99.0 Å². The van der Waals surface area contributed by atoms with Crippen LogP contribution in [0.4, 0.5) is 5.69 Å². The van der Waals surface area contributed by atoms with Gasteiger partial charge in [0.2, 0.25) is 5.91 Å². The molecule has 3 aromatic rings. The molecular weight excluding hydrogens is 529 g/mol. The average Bonchev–Trinajstić information content (AvgIpc) is 2.92. The topological polar surface area (TPSA) is 146 Å². The number of nitrogens with two attached hydrogens (primary N) is 1. The standard InChI is InChI=1S/C27H25Cl2N5O4/c28-21-10-9-20(23(29)13-21)15-31-16-25(35)32-22-11-5-18(6-12-22)2-1-17-3-7-19(8-4-17)26(36)33-24(14-30)27(37)34-38/h3-13,24,31,38H,14-16,30H2,(H,32,35)(H,33,36)(H,34,37)/t24-/m0/s1. The number of hydrogen-bond acceptors (Lipinski definition) is 6. The van der Waals surface area contributed by atoms with Crippen LogP contribution in [0.2, 0.25) is 10.0 Å². The first kappa shape index (κ1) is 28.7. The number of amides is 3. The lowest BCUT2D eigenvalue weighted by atomic mass is 10.1. The van der Waals surface area contributed by atoms with Crippen LogP contribution in [0.25, 0.3) is 0 Å². The molecule has 0 aliphatic heterocycles. The summed E-state index contributed by atoms with van der Waals surface area (Å²) >= 11 is 12.0. The molecule has 0 radical (unpaired) electrons. The van der Waals surface area contributed by atoms with Crippen molar-refractivity contribution in [2.24, 2.45) is 5.73 Å². The SMILES string of the molecule is NC[C@H](NC(=O)c1ccc(C#Cc2ccc(NC(=O)CNCc3ccc(Cl)cc3Cl)cc2)cc1)C(=O)NO. The summed E-state index contributed by atoms with van der Waals surface area (Å²) in [5.74, 6) is 4.51. The fourth-order valence-electron chi connectivity index (χ4n) is 3.22. The molecule has 0 unspecified atom stereocenters. The number of carbonyl (C=O) groups excluding carboxylic acids is 3. The van der Waals surface area contributed by atoms with E-state index in [-0.39, 0.29) is 19.0 Å². The summed E-state index contributed by atoms with van der Waals surface area (Å²) < 4.78 is 0. The number of carbonyl (C=O) groups is 3. The predicted molar refractivity (Wildman–Crippen MR) is 146 cm³/mol. The number of anilines is 1. The third-order valence-electron chi connectivity index (χ3n) is 5.25. The van der Waals surface area contributed by atoms with Crippen molar-refractivity contribution in [1.82, 2.24) is 16.1 Å². The smallest absolute Gasteiger partial charge is 0.267 e. The third kappa shape index (κ3) is 8.59. The summed E-state index contributed by atoms with van der Waals surface area (Å²) in [6.45, 7) is 0.370. The number of hydroxylamine groups is 1. The number of hydrogen-bond donors (Lipinski definition) is 6. The molecule has 0 fully saturated rings. The van der Waals surface area contributed by atoms with E-state index < -0.39 is 17.9 Å². The van der Waals surface area contributed by atoms with E-state index in [4.69, 9.17) is 34.1 Å². The predicted octanol–water partition coefficient (Wildman–Crippen LogP) is 2.68. The van der Waals surface area contributed by atoms with E-state index in [9.17, 15) is 14.4 Å². The van der Waals surface area contributed by atoms with E-state index in [1.807, 2.05) is 0 Å². The molecule has 0 saturated carbocycles. The highest BCUT2D eigenvalue weighted by Crippen LogP contribution is 2.20. The van der Waals surface area contributed by atoms with Gasteiger partial charge in [-0.2, -0.15) is 0 Å². The average molecular weight is 554 g/mol. The highest BCUT2D eigenvalue weighted by molar-refractivity contribution is 6.35. The molecule has 0 aliphatic carbocycles. The van der Waals surface area contributed by atoms with E-state index in [1.165, 1.54) is 5.48 Å². The number of rotatable bonds is 9. The molecule has 0 spiro atoms. The van der Waals surface area contributed by atoms with Crippen LogP contribution in [-0.4, -0.2) is 42.1 Å². The van der Waals surface area contributed by atoms with Crippen LogP contribution < -0.4 is 27.2 Å². The second kappa shape index (κ2) is 14.1. The normalized spacial score (nSPS) is 11.1. The van der Waals surface area contributed by atoms with Gasteiger partial charge in [0.15, 0.2) is 0 Å². The van der Waals surface area contributed by atoms with Gasteiger partial charge in [0.05, 0.1) is 6.54 Å². The second-order valence-electron chi connectivity index (χ2n) is 8.03. The summed E-state index contributed by atoms with van der Waals surface area (Å²) in [5, 5.41) is 18.1. The maximum Gasteiger partial charge on any atom is 0.267 e. The zero-order valence-electron chi connectivity index (χ0n) is 20.1. The highest BCUT2D eigenvalue weighted by atomic mass is 35.5. The molecule has 9 nitrogen and oxygen atoms in total. The maximum absolute atomic E-state index is 12.3. The molecule has 3 rings (SSSR count). The minimum absolute atomic E-state index is 0.107. The summed E-state index contributed by atoms with van der Waals surface area (Å²) in [6, 6.07) is 17.7. The van der Waals surface area contributed by atoms with E-state index in [0.717, 1.165) is 11.1 Å². The first-order valence-corrected chi connectivity index (χ1v) is 12.2. The Bertz CT molecular complexity index is 1350. The van der Waals surface area contributed by atoms with E-state index in [1.54, 1.807) is 66.7 Å². The third-order valence-corrected chi connectivity index (χ3v) is 5.84. The van der Waals surface area contributed by atoms with Crippen LogP contribution >= 0.6 is 23.2 Å². The van der Waals surface area contributed by atoms with Gasteiger partial charge in [-0.3, -0.25) is 19.6 Å². The van der Waals surface area contributed by atoms with Crippen molar-refractivity contribution in [3.63, 3.8) is 0 Å². The minimum Gasteiger partial charge on any atom is -0.339 e. The molecule has 7 N–H and O–H groups in total. The molecule has 0 aliphatic rings. The molecular formula is C27H25Cl2N5O4. The van der Waals surface area contributed by atoms with E-state index >= 15 is 0 Å². The first-order chi connectivity index (χ1) is 18.3. The number of nitrogens with one attached hydrogen (secondary N) is 4. The van der Waals surface area contributed by atoms with Gasteiger partial charge < -0.3 is 21.7 Å². The fourth-order valence-corrected chi connectivity index (χ4v) is 3.69. The van der Waals surface area contributed by atoms with Gasteiger partial charge in [0, 0.05) is 45.5 Å². The Morgan fingerprint density at radius 3 is 2.13 bits per heavy atom. The molecule has 0 aromatic heterocycles. The Morgan fingerprint density at radius 1 is 0.921 bits per heavy atom. The largest absolute Gasteiger partial charge is 0.339 e. The number of halogens is 2. The highest BCUT2D eigenvalue weighted by Gasteiger charge is 2.19. The molecule has 11 heteroatoms. The molecule has 0 saturated heterocycles. The Hall–Kier alpha value is -3.91. The van der Waals surface area contributed by atoms with Gasteiger partial charge in [-0.15, -0.1) is 0 Å². The number of benzene rings is 3. The molecule has 0 bridgehead atoms. The van der Waals surface area contributed by atoms with Crippen LogP contribution in [0, 0.1) is 11.8 Å². The van der Waals surface area contributed by atoms with Gasteiger partial charge in [0.1, 0.15) is 6.04 Å². The Balaban J connectivity index is 1.49. The Labute approximate surface area is 229 Å². The lowest BCUT2D eigenvalue weighted by Gasteiger charge is -2.14. The van der Waals surface area contributed by atoms with Gasteiger partial charge in [0.25, 0.3) is 11.8 Å². The van der Waals surface area contributed by atoms with Crippen molar-refractivity contribution in [2.45, 2.75) is 12.6 Å². The first-order valence-electron chi connectivity index (χ1n) is 11.4. The maximum atomic E-state index is 12.3. The van der Waals surface area contributed by atoms with Crippen LogP contribution in [0.15, 0.2) is 66.7 Å². The summed E-state index contributed by atoms with van der Waals surface area (Å²) in [4.78, 5) is 36.0. The van der Waals surface area contributed by atoms with Crippen molar-refractivity contribution in [2.75, 3.05) is 18.4 Å².